The van der Waals surface area contributed by atoms with E-state index in [1.165, 1.54) is 0 Å². The molecule has 0 saturated heterocycles. The SMILES string of the molecule is CCC[n+]1cc(Br)cc(-c2nn3c(CC)nnc3s2)c1. The number of hydrogen-bond acceptors (Lipinski definition) is 4. The van der Waals surface area contributed by atoms with E-state index in [1.807, 2.05) is 4.52 Å². The van der Waals surface area contributed by atoms with Crippen LogP contribution < -0.4 is 4.57 Å². The molecule has 0 saturated carbocycles. The van der Waals surface area contributed by atoms with E-state index in [0.29, 0.717) is 0 Å². The van der Waals surface area contributed by atoms with Crippen molar-refractivity contribution in [3.63, 3.8) is 0 Å². The van der Waals surface area contributed by atoms with E-state index in [1.54, 1.807) is 11.3 Å². The van der Waals surface area contributed by atoms with Crippen molar-refractivity contribution in [3.05, 3.63) is 28.8 Å². The first kappa shape index (κ1) is 13.6. The van der Waals surface area contributed by atoms with Crippen LogP contribution in [0.2, 0.25) is 0 Å². The Morgan fingerprint density at radius 3 is 2.90 bits per heavy atom. The molecule has 20 heavy (non-hydrogen) atoms. The van der Waals surface area contributed by atoms with Gasteiger partial charge in [0.1, 0.15) is 6.54 Å². The van der Waals surface area contributed by atoms with E-state index in [-0.39, 0.29) is 0 Å². The number of hydrogen-bond donors (Lipinski definition) is 0. The lowest BCUT2D eigenvalue weighted by molar-refractivity contribution is -0.697. The lowest BCUT2D eigenvalue weighted by Crippen LogP contribution is -2.32. The molecule has 0 amide bonds. The summed E-state index contributed by atoms with van der Waals surface area (Å²) in [5, 5.41) is 13.9. The third-order valence-electron chi connectivity index (χ3n) is 2.99. The molecule has 0 aliphatic carbocycles. The van der Waals surface area contributed by atoms with Crippen molar-refractivity contribution in [2.24, 2.45) is 0 Å². The van der Waals surface area contributed by atoms with E-state index in [4.69, 9.17) is 0 Å². The number of aromatic nitrogens is 5. The largest absolute Gasteiger partial charge is 0.234 e. The van der Waals surface area contributed by atoms with E-state index < -0.39 is 0 Å². The van der Waals surface area contributed by atoms with Gasteiger partial charge in [0.2, 0.25) is 4.96 Å². The number of halogens is 1. The lowest BCUT2D eigenvalue weighted by atomic mass is 10.3. The second-order valence-corrected chi connectivity index (χ2v) is 6.42. The van der Waals surface area contributed by atoms with Gasteiger partial charge in [-0.25, -0.2) is 4.57 Å². The standard InChI is InChI=1S/C13H15BrN5S/c1-3-5-18-7-9(6-10(14)8-18)12-17-19-11(4-2)15-16-13(19)20-12/h6-8H,3-5H2,1-2H3/q+1. The third-order valence-corrected chi connectivity index (χ3v) is 4.37. The molecule has 0 fully saturated rings. The zero-order chi connectivity index (χ0) is 14.1. The van der Waals surface area contributed by atoms with Gasteiger partial charge in [-0.05, 0) is 22.0 Å². The van der Waals surface area contributed by atoms with Crippen LogP contribution >= 0.6 is 27.3 Å². The molecule has 0 atom stereocenters. The van der Waals surface area contributed by atoms with Gasteiger partial charge in [-0.1, -0.05) is 25.2 Å². The maximum Gasteiger partial charge on any atom is 0.234 e. The molecular weight excluding hydrogens is 338 g/mol. The molecule has 0 unspecified atom stereocenters. The highest BCUT2D eigenvalue weighted by molar-refractivity contribution is 9.10. The fourth-order valence-electron chi connectivity index (χ4n) is 2.10. The van der Waals surface area contributed by atoms with Gasteiger partial charge >= 0.3 is 0 Å². The summed E-state index contributed by atoms with van der Waals surface area (Å²) >= 11 is 5.13. The molecule has 0 aromatic carbocycles. The van der Waals surface area contributed by atoms with Crippen LogP contribution in [0, 0.1) is 0 Å². The number of nitrogens with zero attached hydrogens (tertiary/aromatic N) is 5. The Kier molecular flexibility index (Phi) is 3.80. The summed E-state index contributed by atoms with van der Waals surface area (Å²) in [5.41, 5.74) is 1.10. The summed E-state index contributed by atoms with van der Waals surface area (Å²) in [4.78, 5) is 0.846. The predicted octanol–water partition coefficient (Wildman–Crippen LogP) is 2.88. The molecule has 7 heteroatoms. The van der Waals surface area contributed by atoms with E-state index in [0.717, 1.165) is 45.2 Å². The van der Waals surface area contributed by atoms with Crippen molar-refractivity contribution in [1.29, 1.82) is 0 Å². The molecule has 0 aliphatic heterocycles. The van der Waals surface area contributed by atoms with Gasteiger partial charge < -0.3 is 0 Å². The Morgan fingerprint density at radius 2 is 2.15 bits per heavy atom. The number of pyridine rings is 1. The maximum atomic E-state index is 4.63. The van der Waals surface area contributed by atoms with Crippen molar-refractivity contribution in [1.82, 2.24) is 19.8 Å². The van der Waals surface area contributed by atoms with Crippen molar-refractivity contribution in [2.45, 2.75) is 33.2 Å². The first-order chi connectivity index (χ1) is 9.71. The average molecular weight is 353 g/mol. The van der Waals surface area contributed by atoms with Crippen LogP contribution in [0.1, 0.15) is 26.1 Å². The Labute approximate surface area is 129 Å². The first-order valence-electron chi connectivity index (χ1n) is 6.62. The molecule has 3 heterocycles. The Hall–Kier alpha value is -1.34. The van der Waals surface area contributed by atoms with Crippen LogP contribution in [0.25, 0.3) is 15.5 Å². The van der Waals surface area contributed by atoms with E-state index >= 15 is 0 Å². The Balaban J connectivity index is 2.07. The van der Waals surface area contributed by atoms with Gasteiger partial charge in [-0.15, -0.1) is 10.2 Å². The van der Waals surface area contributed by atoms with Crippen LogP contribution in [0.5, 0.6) is 0 Å². The highest BCUT2D eigenvalue weighted by Gasteiger charge is 2.15. The predicted molar refractivity (Wildman–Crippen MR) is 81.7 cm³/mol. The zero-order valence-electron chi connectivity index (χ0n) is 11.4. The molecule has 0 aliphatic rings. The van der Waals surface area contributed by atoms with Gasteiger partial charge in [0.05, 0.1) is 10.0 Å². The van der Waals surface area contributed by atoms with E-state index in [2.05, 4.69) is 68.1 Å². The first-order valence-corrected chi connectivity index (χ1v) is 8.23. The fraction of sp³-hybridized carbons (Fsp3) is 0.385. The quantitative estimate of drug-likeness (QED) is 0.678. The Bertz CT molecular complexity index is 748. The Morgan fingerprint density at radius 1 is 1.30 bits per heavy atom. The molecule has 0 N–H and O–H groups in total. The van der Waals surface area contributed by atoms with Gasteiger partial charge in [0.25, 0.3) is 0 Å². The van der Waals surface area contributed by atoms with Gasteiger partial charge in [-0.3, -0.25) is 0 Å². The topological polar surface area (TPSA) is 47.0 Å². The molecule has 104 valence electrons. The van der Waals surface area contributed by atoms with Crippen LogP contribution in [0.3, 0.4) is 0 Å². The number of fused-ring (bicyclic) bond motifs is 1. The fourth-order valence-corrected chi connectivity index (χ4v) is 3.45. The zero-order valence-corrected chi connectivity index (χ0v) is 13.8. The minimum atomic E-state index is 0.832. The van der Waals surface area contributed by atoms with Crippen molar-refractivity contribution >= 4 is 32.2 Å². The molecule has 3 aromatic rings. The minimum Gasteiger partial charge on any atom is -0.203 e. The monoisotopic (exact) mass is 352 g/mol. The molecular formula is C13H15BrN5S+. The van der Waals surface area contributed by atoms with Gasteiger partial charge in [0.15, 0.2) is 23.2 Å². The molecule has 5 nitrogen and oxygen atoms in total. The van der Waals surface area contributed by atoms with Gasteiger partial charge in [0, 0.05) is 12.8 Å². The second kappa shape index (κ2) is 5.57. The molecule has 0 radical (unpaired) electrons. The molecule has 0 bridgehead atoms. The third kappa shape index (κ3) is 2.47. The number of aryl methyl sites for hydroxylation is 2. The van der Waals surface area contributed by atoms with Crippen molar-refractivity contribution < 1.29 is 4.57 Å². The highest BCUT2D eigenvalue weighted by Crippen LogP contribution is 2.26. The van der Waals surface area contributed by atoms with Crippen LogP contribution in [0.15, 0.2) is 22.9 Å². The summed E-state index contributed by atoms with van der Waals surface area (Å²) in [6.45, 7) is 5.23. The smallest absolute Gasteiger partial charge is 0.203 e. The highest BCUT2D eigenvalue weighted by atomic mass is 79.9. The van der Waals surface area contributed by atoms with Crippen LogP contribution in [0.4, 0.5) is 0 Å². The molecule has 3 aromatic heterocycles. The summed E-state index contributed by atoms with van der Waals surface area (Å²) in [6.07, 6.45) is 6.15. The summed E-state index contributed by atoms with van der Waals surface area (Å²) < 4.78 is 5.08. The lowest BCUT2D eigenvalue weighted by Gasteiger charge is -1.98. The molecule has 0 spiro atoms. The maximum absolute atomic E-state index is 4.63. The van der Waals surface area contributed by atoms with Crippen LogP contribution in [-0.2, 0) is 13.0 Å². The van der Waals surface area contributed by atoms with Crippen LogP contribution in [-0.4, -0.2) is 19.8 Å². The summed E-state index contributed by atoms with van der Waals surface area (Å²) in [6, 6.07) is 2.09. The van der Waals surface area contributed by atoms with Gasteiger partial charge in [-0.2, -0.15) is 9.61 Å². The van der Waals surface area contributed by atoms with Crippen molar-refractivity contribution in [2.75, 3.05) is 0 Å². The average Bonchev–Trinajstić information content (AvgIpc) is 2.97. The molecule has 3 rings (SSSR count). The minimum absolute atomic E-state index is 0.832. The van der Waals surface area contributed by atoms with Crippen molar-refractivity contribution in [3.8, 4) is 10.6 Å². The van der Waals surface area contributed by atoms with E-state index in [9.17, 15) is 0 Å². The number of rotatable bonds is 4. The summed E-state index contributed by atoms with van der Waals surface area (Å²) in [5.74, 6) is 0.902. The normalized spacial score (nSPS) is 11.3. The second-order valence-electron chi connectivity index (χ2n) is 4.55. The summed E-state index contributed by atoms with van der Waals surface area (Å²) in [7, 11) is 0.